The Labute approximate surface area is 96.3 Å². The minimum atomic E-state index is 0.535. The maximum Gasteiger partial charge on any atom is 0.0952 e. The van der Waals surface area contributed by atoms with E-state index in [-0.39, 0.29) is 0 Å². The molecule has 0 spiro atoms. The molecule has 1 heterocycles. The molecule has 1 aromatic carbocycles. The summed E-state index contributed by atoms with van der Waals surface area (Å²) in [7, 11) is 0. The highest BCUT2D eigenvalue weighted by molar-refractivity contribution is 5.52. The maximum atomic E-state index is 5.04. The average Bonchev–Trinajstić information content (AvgIpc) is 2.79. The van der Waals surface area contributed by atoms with Crippen LogP contribution in [0.25, 0.3) is 0 Å². The highest BCUT2D eigenvalue weighted by Crippen LogP contribution is 2.24. The van der Waals surface area contributed by atoms with Crippen LogP contribution < -0.4 is 5.32 Å². The summed E-state index contributed by atoms with van der Waals surface area (Å²) < 4.78 is 5.04. The Morgan fingerprint density at radius 2 is 2.00 bits per heavy atom. The van der Waals surface area contributed by atoms with E-state index in [2.05, 4.69) is 43.4 Å². The van der Waals surface area contributed by atoms with Crippen LogP contribution in [0.15, 0.2) is 47.3 Å². The van der Waals surface area contributed by atoms with Crippen LogP contribution in [0.1, 0.15) is 30.9 Å². The van der Waals surface area contributed by atoms with Crippen molar-refractivity contribution in [1.29, 1.82) is 0 Å². The van der Waals surface area contributed by atoms with Gasteiger partial charge in [-0.05, 0) is 23.6 Å². The van der Waals surface area contributed by atoms with Gasteiger partial charge < -0.3 is 9.73 Å². The Hall–Kier alpha value is -1.70. The predicted molar refractivity (Wildman–Crippen MR) is 66.6 cm³/mol. The summed E-state index contributed by atoms with van der Waals surface area (Å²) in [6.07, 6.45) is 3.47. The quantitative estimate of drug-likeness (QED) is 0.833. The zero-order valence-corrected chi connectivity index (χ0v) is 9.73. The van der Waals surface area contributed by atoms with Crippen molar-refractivity contribution in [2.24, 2.45) is 0 Å². The molecule has 0 saturated carbocycles. The third-order valence-corrected chi connectivity index (χ3v) is 2.65. The van der Waals surface area contributed by atoms with Crippen molar-refractivity contribution in [2.75, 3.05) is 5.32 Å². The lowest BCUT2D eigenvalue weighted by Crippen LogP contribution is -2.02. The molecule has 1 N–H and O–H groups in total. The highest BCUT2D eigenvalue weighted by Gasteiger charge is 2.05. The normalized spacial score (nSPS) is 10.7. The second kappa shape index (κ2) is 4.88. The molecule has 0 aliphatic rings. The van der Waals surface area contributed by atoms with Crippen molar-refractivity contribution < 1.29 is 4.42 Å². The first-order valence-electron chi connectivity index (χ1n) is 5.61. The molecule has 0 unspecified atom stereocenters. The van der Waals surface area contributed by atoms with Gasteiger partial charge in [-0.2, -0.15) is 0 Å². The van der Waals surface area contributed by atoms with Crippen molar-refractivity contribution in [3.63, 3.8) is 0 Å². The number of furan rings is 1. The maximum absolute atomic E-state index is 5.04. The first-order valence-corrected chi connectivity index (χ1v) is 5.61. The van der Waals surface area contributed by atoms with Gasteiger partial charge in [0.2, 0.25) is 0 Å². The van der Waals surface area contributed by atoms with Gasteiger partial charge in [-0.25, -0.2) is 0 Å². The highest BCUT2D eigenvalue weighted by atomic mass is 16.3. The van der Waals surface area contributed by atoms with E-state index in [1.165, 1.54) is 16.8 Å². The van der Waals surface area contributed by atoms with Crippen molar-refractivity contribution in [3.8, 4) is 0 Å². The van der Waals surface area contributed by atoms with E-state index in [0.29, 0.717) is 5.92 Å². The van der Waals surface area contributed by atoms with Crippen molar-refractivity contribution in [2.45, 2.75) is 26.3 Å². The molecule has 16 heavy (non-hydrogen) atoms. The van der Waals surface area contributed by atoms with Crippen molar-refractivity contribution in [3.05, 3.63) is 54.0 Å². The van der Waals surface area contributed by atoms with Gasteiger partial charge in [-0.1, -0.05) is 32.0 Å². The zero-order valence-electron chi connectivity index (χ0n) is 9.73. The Morgan fingerprint density at radius 3 is 2.69 bits per heavy atom. The fraction of sp³-hybridized carbons (Fsp3) is 0.286. The standard InChI is InChI=1S/C14H17NO/c1-11(2)13-5-3-4-6-14(13)15-9-12-7-8-16-10-12/h3-8,10-11,15H,9H2,1-2H3. The van der Waals surface area contributed by atoms with E-state index in [0.717, 1.165) is 6.54 Å². The average molecular weight is 215 g/mol. The van der Waals surface area contributed by atoms with Crippen LogP contribution in [0.4, 0.5) is 5.69 Å². The van der Waals surface area contributed by atoms with Gasteiger partial charge >= 0.3 is 0 Å². The van der Waals surface area contributed by atoms with E-state index < -0.39 is 0 Å². The Kier molecular flexibility index (Phi) is 3.30. The van der Waals surface area contributed by atoms with Gasteiger partial charge in [0, 0.05) is 17.8 Å². The molecule has 0 amide bonds. The molecule has 1 aromatic heterocycles. The minimum Gasteiger partial charge on any atom is -0.472 e. The van der Waals surface area contributed by atoms with Crippen LogP contribution in [0.3, 0.4) is 0 Å². The fourth-order valence-corrected chi connectivity index (χ4v) is 1.75. The number of hydrogen-bond acceptors (Lipinski definition) is 2. The van der Waals surface area contributed by atoms with Crippen LogP contribution >= 0.6 is 0 Å². The lowest BCUT2D eigenvalue weighted by Gasteiger charge is -2.13. The van der Waals surface area contributed by atoms with E-state index in [4.69, 9.17) is 4.42 Å². The van der Waals surface area contributed by atoms with Gasteiger partial charge in [0.05, 0.1) is 12.5 Å². The monoisotopic (exact) mass is 215 g/mol. The lowest BCUT2D eigenvalue weighted by molar-refractivity contribution is 0.564. The fourth-order valence-electron chi connectivity index (χ4n) is 1.75. The number of rotatable bonds is 4. The number of hydrogen-bond donors (Lipinski definition) is 1. The molecule has 0 fully saturated rings. The molecule has 2 aromatic rings. The molecular weight excluding hydrogens is 198 g/mol. The van der Waals surface area contributed by atoms with E-state index in [1.807, 2.05) is 6.07 Å². The summed E-state index contributed by atoms with van der Waals surface area (Å²) >= 11 is 0. The molecular formula is C14H17NO. The summed E-state index contributed by atoms with van der Waals surface area (Å²) in [6, 6.07) is 10.4. The Balaban J connectivity index is 2.09. The van der Waals surface area contributed by atoms with Gasteiger partial charge in [0.1, 0.15) is 0 Å². The second-order valence-corrected chi connectivity index (χ2v) is 4.23. The van der Waals surface area contributed by atoms with Gasteiger partial charge in [-0.15, -0.1) is 0 Å². The van der Waals surface area contributed by atoms with E-state index in [9.17, 15) is 0 Å². The molecule has 2 nitrogen and oxygen atoms in total. The van der Waals surface area contributed by atoms with Crippen LogP contribution in [0.2, 0.25) is 0 Å². The van der Waals surface area contributed by atoms with Gasteiger partial charge in [0.25, 0.3) is 0 Å². The van der Waals surface area contributed by atoms with Crippen LogP contribution in [-0.4, -0.2) is 0 Å². The first-order chi connectivity index (χ1) is 7.77. The topological polar surface area (TPSA) is 25.2 Å². The third kappa shape index (κ3) is 2.45. The lowest BCUT2D eigenvalue weighted by atomic mass is 10.0. The molecule has 0 atom stereocenters. The molecule has 0 bridgehead atoms. The van der Waals surface area contributed by atoms with E-state index in [1.54, 1.807) is 12.5 Å². The van der Waals surface area contributed by atoms with Crippen LogP contribution in [0.5, 0.6) is 0 Å². The summed E-state index contributed by atoms with van der Waals surface area (Å²) in [5.41, 5.74) is 3.73. The van der Waals surface area contributed by atoms with Crippen molar-refractivity contribution in [1.82, 2.24) is 0 Å². The smallest absolute Gasteiger partial charge is 0.0952 e. The molecule has 84 valence electrons. The van der Waals surface area contributed by atoms with Gasteiger partial charge in [-0.3, -0.25) is 0 Å². The third-order valence-electron chi connectivity index (χ3n) is 2.65. The molecule has 2 rings (SSSR count). The number of benzene rings is 1. The molecule has 0 aliphatic carbocycles. The molecule has 0 aliphatic heterocycles. The second-order valence-electron chi connectivity index (χ2n) is 4.23. The van der Waals surface area contributed by atoms with Crippen LogP contribution in [-0.2, 0) is 6.54 Å². The zero-order chi connectivity index (χ0) is 11.4. The molecule has 2 heteroatoms. The number of anilines is 1. The summed E-state index contributed by atoms with van der Waals surface area (Å²) in [6.45, 7) is 5.22. The minimum absolute atomic E-state index is 0.535. The predicted octanol–water partition coefficient (Wildman–Crippen LogP) is 4.02. The Bertz CT molecular complexity index is 432. The Morgan fingerprint density at radius 1 is 1.19 bits per heavy atom. The molecule has 0 saturated heterocycles. The van der Waals surface area contributed by atoms with Gasteiger partial charge in [0.15, 0.2) is 0 Å². The van der Waals surface area contributed by atoms with E-state index >= 15 is 0 Å². The summed E-state index contributed by atoms with van der Waals surface area (Å²) in [5.74, 6) is 0.535. The summed E-state index contributed by atoms with van der Waals surface area (Å²) in [5, 5.41) is 3.44. The van der Waals surface area contributed by atoms with Crippen molar-refractivity contribution >= 4 is 5.69 Å². The molecule has 0 radical (unpaired) electrons. The number of para-hydroxylation sites is 1. The first kappa shape index (κ1) is 10.8. The number of nitrogens with one attached hydrogen (secondary N) is 1. The SMILES string of the molecule is CC(C)c1ccccc1NCc1ccoc1. The summed E-state index contributed by atoms with van der Waals surface area (Å²) in [4.78, 5) is 0. The largest absolute Gasteiger partial charge is 0.472 e. The van der Waals surface area contributed by atoms with Crippen LogP contribution in [0, 0.1) is 0 Å².